The number of likely N-dealkylation sites (tertiary alicyclic amines) is 1. The monoisotopic (exact) mass is 332 g/mol. The van der Waals surface area contributed by atoms with Crippen LogP contribution < -0.4 is 4.74 Å². The number of halogens is 1. The largest absolute Gasteiger partial charge is 0.480 e. The second-order valence-corrected chi connectivity index (χ2v) is 6.45. The number of carbonyl (C=O) groups excluding carboxylic acids is 1. The van der Waals surface area contributed by atoms with E-state index in [9.17, 15) is 4.79 Å². The van der Waals surface area contributed by atoms with Crippen LogP contribution in [0.15, 0.2) is 30.9 Å². The molecule has 0 aliphatic carbocycles. The molecule has 0 saturated carbocycles. The van der Waals surface area contributed by atoms with E-state index in [2.05, 4.69) is 10.1 Å². The first-order valence-electron chi connectivity index (χ1n) is 7.78. The van der Waals surface area contributed by atoms with Crippen LogP contribution in [0.3, 0.4) is 0 Å². The lowest BCUT2D eigenvalue weighted by molar-refractivity contribution is -0.139. The number of piperidine rings is 1. The van der Waals surface area contributed by atoms with Crippen molar-refractivity contribution in [1.29, 1.82) is 0 Å². The summed E-state index contributed by atoms with van der Waals surface area (Å²) >= 11 is 6.01. The highest BCUT2D eigenvalue weighted by atomic mass is 35.5. The summed E-state index contributed by atoms with van der Waals surface area (Å²) in [5.74, 6) is 0.805. The molecule has 1 saturated heterocycles. The molecule has 23 heavy (non-hydrogen) atoms. The number of carbonyl (C=O) groups is 1. The van der Waals surface area contributed by atoms with E-state index in [1.807, 2.05) is 21.7 Å². The van der Waals surface area contributed by atoms with Crippen LogP contribution in [0.4, 0.5) is 0 Å². The Hall–Kier alpha value is -2.08. The second-order valence-electron chi connectivity index (χ2n) is 6.02. The van der Waals surface area contributed by atoms with Gasteiger partial charge in [0.1, 0.15) is 18.4 Å². The molecule has 7 heteroatoms. The van der Waals surface area contributed by atoms with Crippen LogP contribution in [0.1, 0.15) is 24.4 Å². The summed E-state index contributed by atoms with van der Waals surface area (Å²) in [6, 6.07) is 5.68. The Morgan fingerprint density at radius 2 is 2.30 bits per heavy atom. The molecule has 2 aromatic rings. The van der Waals surface area contributed by atoms with Gasteiger partial charge < -0.3 is 9.64 Å². The highest BCUT2D eigenvalue weighted by Gasteiger charge is 2.35. The quantitative estimate of drug-likeness (QED) is 0.845. The molecule has 2 aliphatic rings. The summed E-state index contributed by atoms with van der Waals surface area (Å²) in [5.41, 5.74) is 1.00. The molecule has 0 spiro atoms. The third-order valence-electron chi connectivity index (χ3n) is 4.49. The van der Waals surface area contributed by atoms with Crippen LogP contribution in [-0.2, 0) is 11.2 Å². The molecule has 0 N–H and O–H groups in total. The first-order chi connectivity index (χ1) is 11.2. The number of fused-ring (bicyclic) bond motifs is 1. The van der Waals surface area contributed by atoms with Gasteiger partial charge in [0.2, 0.25) is 0 Å². The number of aromatic nitrogens is 3. The molecular formula is C16H17ClN4O2. The molecule has 3 heterocycles. The van der Waals surface area contributed by atoms with Gasteiger partial charge in [-0.15, -0.1) is 0 Å². The van der Waals surface area contributed by atoms with E-state index < -0.39 is 6.10 Å². The zero-order chi connectivity index (χ0) is 15.8. The molecule has 6 nitrogen and oxygen atoms in total. The Balaban J connectivity index is 1.45. The van der Waals surface area contributed by atoms with Gasteiger partial charge in [-0.05, 0) is 36.6 Å². The zero-order valence-electron chi connectivity index (χ0n) is 12.6. The van der Waals surface area contributed by atoms with Crippen molar-refractivity contribution in [2.45, 2.75) is 31.4 Å². The SMILES string of the molecule is O=C([C@H]1Cc2cc(Cl)ccc2O1)N1CCC[C@@H](n2cncn2)C1. The molecule has 1 amide bonds. The summed E-state index contributed by atoms with van der Waals surface area (Å²) in [6.45, 7) is 1.42. The fraction of sp³-hybridized carbons (Fsp3) is 0.438. The number of ether oxygens (including phenoxy) is 1. The number of rotatable bonds is 2. The summed E-state index contributed by atoms with van der Waals surface area (Å²) in [7, 11) is 0. The molecule has 1 aromatic heterocycles. The number of amides is 1. The Kier molecular flexibility index (Phi) is 3.69. The summed E-state index contributed by atoms with van der Waals surface area (Å²) < 4.78 is 7.66. The summed E-state index contributed by atoms with van der Waals surface area (Å²) in [4.78, 5) is 18.7. The lowest BCUT2D eigenvalue weighted by atomic mass is 10.0. The van der Waals surface area contributed by atoms with Crippen molar-refractivity contribution in [2.24, 2.45) is 0 Å². The third-order valence-corrected chi connectivity index (χ3v) is 4.73. The van der Waals surface area contributed by atoms with Crippen molar-refractivity contribution in [3.05, 3.63) is 41.4 Å². The smallest absolute Gasteiger partial charge is 0.264 e. The fourth-order valence-electron chi connectivity index (χ4n) is 3.34. The van der Waals surface area contributed by atoms with Crippen LogP contribution in [0.2, 0.25) is 5.02 Å². The normalized spacial score (nSPS) is 23.4. The molecule has 1 aromatic carbocycles. The topological polar surface area (TPSA) is 60.2 Å². The van der Waals surface area contributed by atoms with Crippen LogP contribution in [0.5, 0.6) is 5.75 Å². The Morgan fingerprint density at radius 1 is 1.39 bits per heavy atom. The van der Waals surface area contributed by atoms with Crippen molar-refractivity contribution >= 4 is 17.5 Å². The molecule has 120 valence electrons. The van der Waals surface area contributed by atoms with Gasteiger partial charge in [0, 0.05) is 24.5 Å². The van der Waals surface area contributed by atoms with E-state index in [0.717, 1.165) is 30.7 Å². The molecule has 0 bridgehead atoms. The molecule has 2 aliphatic heterocycles. The van der Waals surface area contributed by atoms with Crippen molar-refractivity contribution in [2.75, 3.05) is 13.1 Å². The van der Waals surface area contributed by atoms with Gasteiger partial charge in [0.15, 0.2) is 6.10 Å². The van der Waals surface area contributed by atoms with Crippen LogP contribution >= 0.6 is 11.6 Å². The van der Waals surface area contributed by atoms with Gasteiger partial charge >= 0.3 is 0 Å². The lowest BCUT2D eigenvalue weighted by Crippen LogP contribution is -2.46. The molecule has 0 unspecified atom stereocenters. The Labute approximate surface area is 139 Å². The minimum absolute atomic E-state index is 0.0436. The summed E-state index contributed by atoms with van der Waals surface area (Å²) in [5, 5.41) is 4.87. The van der Waals surface area contributed by atoms with Crippen molar-refractivity contribution in [3.63, 3.8) is 0 Å². The van der Waals surface area contributed by atoms with E-state index in [1.54, 1.807) is 12.4 Å². The van der Waals surface area contributed by atoms with Crippen LogP contribution in [0, 0.1) is 0 Å². The van der Waals surface area contributed by atoms with Crippen molar-refractivity contribution in [3.8, 4) is 5.75 Å². The predicted octanol–water partition coefficient (Wildman–Crippen LogP) is 2.10. The van der Waals surface area contributed by atoms with Crippen molar-refractivity contribution in [1.82, 2.24) is 19.7 Å². The van der Waals surface area contributed by atoms with Crippen LogP contribution in [0.25, 0.3) is 0 Å². The van der Waals surface area contributed by atoms with Crippen molar-refractivity contribution < 1.29 is 9.53 Å². The van der Waals surface area contributed by atoms with Gasteiger partial charge in [0.25, 0.3) is 5.91 Å². The number of nitrogens with zero attached hydrogens (tertiary/aromatic N) is 4. The third kappa shape index (κ3) is 2.79. The first kappa shape index (κ1) is 14.5. The highest BCUT2D eigenvalue weighted by Crippen LogP contribution is 2.32. The van der Waals surface area contributed by atoms with Gasteiger partial charge in [0.05, 0.1) is 6.04 Å². The van der Waals surface area contributed by atoms with Crippen LogP contribution in [-0.4, -0.2) is 44.8 Å². The average Bonchev–Trinajstić information content (AvgIpc) is 3.23. The second kappa shape index (κ2) is 5.85. The summed E-state index contributed by atoms with van der Waals surface area (Å²) in [6.07, 6.45) is 5.34. The predicted molar refractivity (Wildman–Crippen MR) is 84.4 cm³/mol. The minimum Gasteiger partial charge on any atom is -0.480 e. The fourth-order valence-corrected chi connectivity index (χ4v) is 3.53. The number of benzene rings is 1. The van der Waals surface area contributed by atoms with Gasteiger partial charge in [-0.3, -0.25) is 4.79 Å². The van der Waals surface area contributed by atoms with E-state index >= 15 is 0 Å². The van der Waals surface area contributed by atoms with Gasteiger partial charge in [-0.1, -0.05) is 11.6 Å². The Morgan fingerprint density at radius 3 is 3.13 bits per heavy atom. The van der Waals surface area contributed by atoms with Gasteiger partial charge in [-0.2, -0.15) is 5.10 Å². The standard InChI is InChI=1S/C16H17ClN4O2/c17-12-3-4-14-11(6-12)7-15(23-14)16(22)20-5-1-2-13(8-20)21-10-18-9-19-21/h3-4,6,9-10,13,15H,1-2,5,7-8H2/t13-,15-/m1/s1. The average molecular weight is 333 g/mol. The maximum atomic E-state index is 12.8. The molecule has 1 fully saturated rings. The maximum absolute atomic E-state index is 12.8. The number of hydrogen-bond donors (Lipinski definition) is 0. The van der Waals surface area contributed by atoms with E-state index in [-0.39, 0.29) is 11.9 Å². The molecule has 4 rings (SSSR count). The first-order valence-corrected chi connectivity index (χ1v) is 8.16. The molecular weight excluding hydrogens is 316 g/mol. The minimum atomic E-state index is -0.446. The molecule has 0 radical (unpaired) electrons. The molecule has 2 atom stereocenters. The Bertz CT molecular complexity index is 719. The lowest BCUT2D eigenvalue weighted by Gasteiger charge is -2.33. The van der Waals surface area contributed by atoms with E-state index in [0.29, 0.717) is 18.0 Å². The van der Waals surface area contributed by atoms with Gasteiger partial charge in [-0.25, -0.2) is 9.67 Å². The highest BCUT2D eigenvalue weighted by molar-refractivity contribution is 6.30. The maximum Gasteiger partial charge on any atom is 0.264 e. The zero-order valence-corrected chi connectivity index (χ0v) is 13.3. The van der Waals surface area contributed by atoms with E-state index in [4.69, 9.17) is 16.3 Å². The van der Waals surface area contributed by atoms with E-state index in [1.165, 1.54) is 6.33 Å². The number of hydrogen-bond acceptors (Lipinski definition) is 4.